The summed E-state index contributed by atoms with van der Waals surface area (Å²) in [6.07, 6.45) is 21.0. The van der Waals surface area contributed by atoms with Crippen LogP contribution in [0.5, 0.6) is 0 Å². The predicted octanol–water partition coefficient (Wildman–Crippen LogP) is 9.93. The summed E-state index contributed by atoms with van der Waals surface area (Å²) >= 11 is 8.55. The molecule has 2 amide bonds. The summed E-state index contributed by atoms with van der Waals surface area (Å²) in [7, 11) is -1.85. The van der Waals surface area contributed by atoms with Crippen molar-refractivity contribution in [2.75, 3.05) is 26.2 Å². The smallest absolute Gasteiger partial charge is 0.444 e. The highest BCUT2D eigenvalue weighted by Crippen LogP contribution is 2.37. The van der Waals surface area contributed by atoms with Crippen LogP contribution < -0.4 is 10.9 Å². The fourth-order valence-corrected chi connectivity index (χ4v) is 10.2. The van der Waals surface area contributed by atoms with Gasteiger partial charge in [0, 0.05) is 132 Å². The largest absolute Gasteiger partial charge is 0.498 e. The summed E-state index contributed by atoms with van der Waals surface area (Å²) in [5.41, 5.74) is 5.65. The van der Waals surface area contributed by atoms with Crippen molar-refractivity contribution in [3.63, 3.8) is 0 Å². The maximum Gasteiger partial charge on any atom is 0.498 e. The zero-order valence-corrected chi connectivity index (χ0v) is 59.3. The van der Waals surface area contributed by atoms with Crippen molar-refractivity contribution >= 4 is 91.8 Å². The molecule has 0 atom stereocenters. The summed E-state index contributed by atoms with van der Waals surface area (Å²) in [4.78, 5) is 53.2. The van der Waals surface area contributed by atoms with Crippen LogP contribution in [0.15, 0.2) is 144 Å². The van der Waals surface area contributed by atoms with Crippen LogP contribution in [0, 0.1) is 3.83 Å². The number of rotatable bonds is 10. The summed E-state index contributed by atoms with van der Waals surface area (Å²) < 4.78 is 29.6. The van der Waals surface area contributed by atoms with E-state index in [4.69, 9.17) is 39.0 Å². The number of hydrogen-bond acceptors (Lipinski definition) is 19. The maximum atomic E-state index is 12.3. The molecule has 11 rings (SSSR count). The lowest BCUT2D eigenvalue weighted by atomic mass is 9.80. The molecule has 0 bridgehead atoms. The first-order valence-corrected chi connectivity index (χ1v) is 33.0. The van der Waals surface area contributed by atoms with Crippen LogP contribution in [0.25, 0.3) is 33.9 Å². The highest BCUT2D eigenvalue weighted by molar-refractivity contribution is 14.1. The Labute approximate surface area is 574 Å². The first kappa shape index (κ1) is 73.8. The van der Waals surface area contributed by atoms with Gasteiger partial charge in [-0.2, -0.15) is 10.2 Å². The Hall–Kier alpha value is -6.60. The highest BCUT2D eigenvalue weighted by atomic mass is 127. The van der Waals surface area contributed by atoms with Gasteiger partial charge in [0.15, 0.2) is 15.5 Å². The van der Waals surface area contributed by atoms with Crippen LogP contribution in [0.1, 0.15) is 124 Å². The van der Waals surface area contributed by atoms with E-state index in [1.54, 1.807) is 71.2 Å². The van der Waals surface area contributed by atoms with E-state index in [0.717, 1.165) is 77.3 Å². The van der Waals surface area contributed by atoms with Gasteiger partial charge in [0.05, 0.1) is 58.2 Å². The molecule has 8 heterocycles. The minimum absolute atomic E-state index is 0.0121. The number of halogens is 3. The Kier molecular flexibility index (Phi) is 26.7. The molecule has 3 aliphatic heterocycles. The molecule has 3 saturated heterocycles. The predicted molar refractivity (Wildman–Crippen MR) is 370 cm³/mol. The molecule has 0 radical (unpaired) electrons. The van der Waals surface area contributed by atoms with E-state index in [9.17, 15) is 14.7 Å². The average molecular weight is 1510 g/mol. The van der Waals surface area contributed by atoms with Crippen LogP contribution in [0.2, 0.25) is 0 Å². The average Bonchev–Trinajstić information content (AvgIpc) is 1.63. The van der Waals surface area contributed by atoms with E-state index < -0.39 is 25.4 Å². The minimum atomic E-state index is -1.46. The molecule has 0 unspecified atom stereocenters. The van der Waals surface area contributed by atoms with Gasteiger partial charge in [-0.1, -0.05) is 60.7 Å². The minimum Gasteiger partial charge on any atom is -0.444 e. The summed E-state index contributed by atoms with van der Waals surface area (Å²) in [6.45, 7) is 22.1. The maximum absolute atomic E-state index is 12.3. The zero-order valence-electron chi connectivity index (χ0n) is 54.0. The molecular weight excluding hydrogens is 1430 g/mol. The lowest BCUT2D eigenvalue weighted by molar-refractivity contribution is 0.00578. The molecule has 0 saturated carbocycles. The molecule has 5 aromatic heterocycles. The van der Waals surface area contributed by atoms with Gasteiger partial charge in [-0.05, 0) is 161 Å². The van der Waals surface area contributed by atoms with Crippen molar-refractivity contribution in [2.45, 2.75) is 149 Å². The Bertz CT molecular complexity index is 3620. The van der Waals surface area contributed by atoms with Crippen molar-refractivity contribution in [2.24, 2.45) is 0 Å². The van der Waals surface area contributed by atoms with E-state index in [1.807, 2.05) is 152 Å². The molecule has 28 heteroatoms. The van der Waals surface area contributed by atoms with Crippen molar-refractivity contribution in [3.8, 4) is 33.9 Å². The Morgan fingerprint density at radius 2 is 0.968 bits per heavy atom. The van der Waals surface area contributed by atoms with Crippen LogP contribution in [-0.4, -0.2) is 160 Å². The van der Waals surface area contributed by atoms with Crippen molar-refractivity contribution in [1.82, 2.24) is 59.3 Å². The number of benzene rings is 3. The number of aliphatic hydroxyl groups excluding tert-OH is 3. The van der Waals surface area contributed by atoms with Gasteiger partial charge in [-0.15, -0.1) is 0 Å². The van der Waals surface area contributed by atoms with E-state index >= 15 is 0 Å². The normalized spacial score (nSPS) is 15.4. The molecule has 5 N–H and O–H groups in total. The van der Waals surface area contributed by atoms with Crippen LogP contribution >= 0.6 is 54.5 Å². The van der Waals surface area contributed by atoms with Crippen LogP contribution in [0.3, 0.4) is 0 Å². The van der Waals surface area contributed by atoms with Gasteiger partial charge < -0.3 is 53.9 Å². The number of likely N-dealkylation sites (tertiary alicyclic amines) is 2. The number of carbonyl (C=O) groups excluding carboxylic acids is 2. The Morgan fingerprint density at radius 1 is 0.570 bits per heavy atom. The number of aromatic nitrogens is 10. The van der Waals surface area contributed by atoms with Gasteiger partial charge >= 0.3 is 26.4 Å². The van der Waals surface area contributed by atoms with Gasteiger partial charge in [-0.25, -0.2) is 39.5 Å². The molecular formula is C65H81B2Br2IN12O11. The first-order valence-electron chi connectivity index (χ1n) is 30.3. The SMILES string of the molecule is Brc1cnc(I)nc1.CC(C)(C)OC(=O)N1CCC(n2cc(-c3cnc(-c4cccc(CO)c4)nc3)cn2)CC1.CC(C)(C)OC(=O)N1CCC(n2cc(B3OC(C)(C)C(C)(C)O3)cn2)CC1.OCc1cccc(-c2ncc(Br)cn2)c1.OCc1cccc(B(O)O)c1. The van der Waals surface area contributed by atoms with Crippen molar-refractivity contribution < 1.29 is 53.7 Å². The number of piperidine rings is 2. The lowest BCUT2D eigenvalue weighted by Gasteiger charge is -2.33. The monoisotopic (exact) mass is 1510 g/mol. The van der Waals surface area contributed by atoms with Crippen LogP contribution in [-0.2, 0) is 38.6 Å². The summed E-state index contributed by atoms with van der Waals surface area (Å²) in [5, 5.41) is 53.5. The zero-order chi connectivity index (χ0) is 67.7. The summed E-state index contributed by atoms with van der Waals surface area (Å²) in [6, 6.07) is 22.1. The lowest BCUT2D eigenvalue weighted by Crippen LogP contribution is -2.42. The molecule has 8 aromatic rings. The second-order valence-corrected chi connectivity index (χ2v) is 27.9. The number of carbonyl (C=O) groups is 2. The molecule has 3 aliphatic rings. The highest BCUT2D eigenvalue weighted by Gasteiger charge is 2.52. The van der Waals surface area contributed by atoms with Gasteiger partial charge in [0.2, 0.25) is 0 Å². The molecule has 23 nitrogen and oxygen atoms in total. The molecule has 0 spiro atoms. The van der Waals surface area contributed by atoms with E-state index in [0.29, 0.717) is 48.9 Å². The van der Waals surface area contributed by atoms with Gasteiger partial charge in [0.1, 0.15) is 11.2 Å². The quantitative estimate of drug-likeness (QED) is 0.0483. The number of aliphatic hydroxyl groups is 3. The van der Waals surface area contributed by atoms with E-state index in [2.05, 4.69) is 94.6 Å². The number of amides is 2. The second-order valence-electron chi connectivity index (χ2n) is 25.1. The Morgan fingerprint density at radius 3 is 1.39 bits per heavy atom. The third kappa shape index (κ3) is 22.5. The van der Waals surface area contributed by atoms with Crippen molar-refractivity contribution in [1.29, 1.82) is 0 Å². The third-order valence-electron chi connectivity index (χ3n) is 15.1. The van der Waals surface area contributed by atoms with E-state index in [1.165, 1.54) is 0 Å². The number of ether oxygens (including phenoxy) is 2. The van der Waals surface area contributed by atoms with Crippen LogP contribution in [0.4, 0.5) is 9.59 Å². The van der Waals surface area contributed by atoms with Crippen molar-refractivity contribution in [3.05, 3.63) is 164 Å². The number of hydrogen-bond donors (Lipinski definition) is 5. The van der Waals surface area contributed by atoms with Gasteiger partial charge in [-0.3, -0.25) is 9.36 Å². The second kappa shape index (κ2) is 33.7. The molecule has 494 valence electrons. The topological polar surface area (TPSA) is 292 Å². The standard InChI is InChI=1S/C24H29N5O3.C19H32BN3O4.C11H9BrN2O.C7H9BO3.C4H2BrIN2/c1-24(2,3)32-23(31)28-9-7-21(8-10-28)29-15-20(14-27-29)19-12-25-22(26-13-19)18-6-4-5-17(11-18)16-30;1-17(2,3)25-16(24)22-10-8-15(9-11-22)23-13-14(12-21-23)20-26-18(4,5)19(6,7)27-20;12-10-5-13-11(14-6-10)9-3-1-2-8(4-9)7-15;9-5-6-2-1-3-7(4-6)8(10)11;5-3-1-7-4(6)8-2-3/h4-6,11-15,21,30H,7-10,16H2,1-3H3;12-13,15H,8-11H2,1-7H3;1-6,15H,7H2;1-4,9-11H,5H2;1-2H. The molecule has 0 aliphatic carbocycles. The summed E-state index contributed by atoms with van der Waals surface area (Å²) in [5.74, 6) is 1.28. The fourth-order valence-electron chi connectivity index (χ4n) is 9.47. The number of nitrogens with zero attached hydrogens (tertiary/aromatic N) is 12. The first-order chi connectivity index (χ1) is 44.0. The third-order valence-corrected chi connectivity index (χ3v) is 16.5. The molecule has 3 aromatic carbocycles. The molecule has 3 fully saturated rings. The molecule has 93 heavy (non-hydrogen) atoms. The Balaban J connectivity index is 0.000000179. The van der Waals surface area contributed by atoms with Gasteiger partial charge in [0.25, 0.3) is 0 Å². The fraction of sp³-hybridized carbons (Fsp3) is 0.415. The van der Waals surface area contributed by atoms with E-state index in [-0.39, 0.29) is 55.3 Å².